The van der Waals surface area contributed by atoms with E-state index >= 15 is 0 Å². The average molecular weight is 452 g/mol. The fraction of sp³-hybridized carbons (Fsp3) is 0.967. The van der Waals surface area contributed by atoms with E-state index in [0.29, 0.717) is 5.78 Å². The fourth-order valence-corrected chi connectivity index (χ4v) is 4.86. The Morgan fingerprint density at radius 2 is 0.906 bits per heavy atom. The average Bonchev–Trinajstić information content (AvgIpc) is 2.77. The summed E-state index contributed by atoms with van der Waals surface area (Å²) in [5, 5.41) is 0. The minimum atomic E-state index is 0.520. The Kier molecular flexibility index (Phi) is 25.0. The maximum absolute atomic E-state index is 12.2. The molecule has 0 spiro atoms. The van der Waals surface area contributed by atoms with Gasteiger partial charge in [0.1, 0.15) is 5.78 Å². The summed E-state index contributed by atoms with van der Waals surface area (Å²) in [4.78, 5) is 14.5. The van der Waals surface area contributed by atoms with E-state index in [-0.39, 0.29) is 0 Å². The van der Waals surface area contributed by atoms with Crippen LogP contribution in [0.15, 0.2) is 0 Å². The Labute approximate surface area is 203 Å². The van der Waals surface area contributed by atoms with E-state index in [0.717, 1.165) is 31.6 Å². The SMILES string of the molecule is CCCCCCCCCCCCC(=O)CCCCCC(CCCCCC)CCCN(C)C. The summed E-state index contributed by atoms with van der Waals surface area (Å²) in [5.74, 6) is 1.43. The maximum atomic E-state index is 12.2. The smallest absolute Gasteiger partial charge is 0.132 e. The third kappa shape index (κ3) is 24.3. The van der Waals surface area contributed by atoms with Crippen molar-refractivity contribution in [1.82, 2.24) is 4.90 Å². The van der Waals surface area contributed by atoms with Gasteiger partial charge in [-0.2, -0.15) is 0 Å². The molecule has 192 valence electrons. The molecule has 0 aromatic carbocycles. The zero-order chi connectivity index (χ0) is 23.7. The number of unbranched alkanes of at least 4 members (excludes halogenated alkanes) is 14. The van der Waals surface area contributed by atoms with Gasteiger partial charge in [-0.25, -0.2) is 0 Å². The molecular formula is C30H61NO. The second kappa shape index (κ2) is 25.3. The number of ketones is 1. The van der Waals surface area contributed by atoms with Gasteiger partial charge in [-0.3, -0.25) is 4.79 Å². The molecule has 1 unspecified atom stereocenters. The van der Waals surface area contributed by atoms with Crippen molar-refractivity contribution in [3.8, 4) is 0 Å². The first-order chi connectivity index (χ1) is 15.6. The number of hydrogen-bond acceptors (Lipinski definition) is 2. The largest absolute Gasteiger partial charge is 0.309 e. The number of carbonyl (C=O) groups excluding carboxylic acids is 1. The topological polar surface area (TPSA) is 20.3 Å². The Bertz CT molecular complexity index is 379. The summed E-state index contributed by atoms with van der Waals surface area (Å²) in [6.45, 7) is 5.80. The van der Waals surface area contributed by atoms with E-state index in [4.69, 9.17) is 0 Å². The molecule has 0 aromatic heterocycles. The minimum absolute atomic E-state index is 0.520. The standard InChI is InChI=1S/C30H61NO/c1-5-7-9-11-12-13-14-15-16-20-26-30(32)27-21-17-19-24-29(23-18-10-8-6-2)25-22-28-31(3)4/h29H,5-28H2,1-4H3. The molecular weight excluding hydrogens is 390 g/mol. The van der Waals surface area contributed by atoms with Gasteiger partial charge >= 0.3 is 0 Å². The molecule has 2 nitrogen and oxygen atoms in total. The summed E-state index contributed by atoms with van der Waals surface area (Å²) >= 11 is 0. The van der Waals surface area contributed by atoms with Crippen LogP contribution in [0.4, 0.5) is 0 Å². The van der Waals surface area contributed by atoms with Crippen molar-refractivity contribution in [1.29, 1.82) is 0 Å². The first-order valence-corrected chi connectivity index (χ1v) is 14.8. The van der Waals surface area contributed by atoms with E-state index < -0.39 is 0 Å². The lowest BCUT2D eigenvalue weighted by Crippen LogP contribution is -2.14. The van der Waals surface area contributed by atoms with E-state index in [9.17, 15) is 4.79 Å². The van der Waals surface area contributed by atoms with Crippen LogP contribution < -0.4 is 0 Å². The Hall–Kier alpha value is -0.370. The molecule has 0 fully saturated rings. The highest BCUT2D eigenvalue weighted by molar-refractivity contribution is 5.78. The van der Waals surface area contributed by atoms with Crippen LogP contribution in [-0.4, -0.2) is 31.3 Å². The van der Waals surface area contributed by atoms with Gasteiger partial charge in [0.25, 0.3) is 0 Å². The highest BCUT2D eigenvalue weighted by Gasteiger charge is 2.09. The van der Waals surface area contributed by atoms with Gasteiger partial charge in [0.15, 0.2) is 0 Å². The molecule has 0 rings (SSSR count). The fourth-order valence-electron chi connectivity index (χ4n) is 4.86. The summed E-state index contributed by atoms with van der Waals surface area (Å²) in [6.07, 6.45) is 29.9. The number of hydrogen-bond donors (Lipinski definition) is 0. The van der Waals surface area contributed by atoms with Crippen molar-refractivity contribution in [3.63, 3.8) is 0 Å². The van der Waals surface area contributed by atoms with Crippen molar-refractivity contribution >= 4 is 5.78 Å². The first kappa shape index (κ1) is 31.6. The van der Waals surface area contributed by atoms with Crippen LogP contribution in [0.1, 0.15) is 162 Å². The van der Waals surface area contributed by atoms with Crippen molar-refractivity contribution in [2.45, 2.75) is 162 Å². The molecule has 0 heterocycles. The molecule has 0 aliphatic carbocycles. The van der Waals surface area contributed by atoms with Gasteiger partial charge in [0.05, 0.1) is 0 Å². The summed E-state index contributed by atoms with van der Waals surface area (Å²) < 4.78 is 0. The molecule has 0 radical (unpaired) electrons. The van der Waals surface area contributed by atoms with Crippen molar-refractivity contribution in [2.24, 2.45) is 5.92 Å². The van der Waals surface area contributed by atoms with Crippen molar-refractivity contribution in [2.75, 3.05) is 20.6 Å². The molecule has 0 aliphatic heterocycles. The van der Waals surface area contributed by atoms with E-state index in [2.05, 4.69) is 32.8 Å². The van der Waals surface area contributed by atoms with Gasteiger partial charge in [0, 0.05) is 12.8 Å². The van der Waals surface area contributed by atoms with Crippen LogP contribution >= 0.6 is 0 Å². The molecule has 1 atom stereocenters. The van der Waals surface area contributed by atoms with Crippen molar-refractivity contribution < 1.29 is 4.79 Å². The summed E-state index contributed by atoms with van der Waals surface area (Å²) in [6, 6.07) is 0. The molecule has 32 heavy (non-hydrogen) atoms. The second-order valence-corrected chi connectivity index (χ2v) is 10.7. The van der Waals surface area contributed by atoms with Gasteiger partial charge in [0.2, 0.25) is 0 Å². The molecule has 2 heteroatoms. The Morgan fingerprint density at radius 1 is 0.531 bits per heavy atom. The molecule has 0 saturated heterocycles. The number of nitrogens with zero attached hydrogens (tertiary/aromatic N) is 1. The number of Topliss-reactive ketones (excluding diaryl/α,β-unsaturated/α-hetero) is 1. The molecule has 0 aliphatic rings. The minimum Gasteiger partial charge on any atom is -0.309 e. The lowest BCUT2D eigenvalue weighted by atomic mass is 9.90. The lowest BCUT2D eigenvalue weighted by Gasteiger charge is -2.18. The van der Waals surface area contributed by atoms with Crippen LogP contribution in [0.25, 0.3) is 0 Å². The third-order valence-corrected chi connectivity index (χ3v) is 7.06. The van der Waals surface area contributed by atoms with Gasteiger partial charge < -0.3 is 4.90 Å². The van der Waals surface area contributed by atoms with Gasteiger partial charge in [-0.05, 0) is 52.2 Å². The number of carbonyl (C=O) groups is 1. The monoisotopic (exact) mass is 451 g/mol. The maximum Gasteiger partial charge on any atom is 0.132 e. The van der Waals surface area contributed by atoms with Crippen molar-refractivity contribution in [3.05, 3.63) is 0 Å². The lowest BCUT2D eigenvalue weighted by molar-refractivity contribution is -0.119. The van der Waals surface area contributed by atoms with E-state index in [1.54, 1.807) is 0 Å². The molecule has 0 bridgehead atoms. The first-order valence-electron chi connectivity index (χ1n) is 14.8. The van der Waals surface area contributed by atoms with Gasteiger partial charge in [-0.1, -0.05) is 123 Å². The second-order valence-electron chi connectivity index (χ2n) is 10.7. The molecule has 0 N–H and O–H groups in total. The molecule has 0 saturated carbocycles. The summed E-state index contributed by atoms with van der Waals surface area (Å²) in [5.41, 5.74) is 0. The third-order valence-electron chi connectivity index (χ3n) is 7.06. The van der Waals surface area contributed by atoms with Crippen LogP contribution in [-0.2, 0) is 4.79 Å². The zero-order valence-electron chi connectivity index (χ0n) is 22.9. The van der Waals surface area contributed by atoms with Crippen LogP contribution in [0.2, 0.25) is 0 Å². The summed E-state index contributed by atoms with van der Waals surface area (Å²) in [7, 11) is 4.37. The van der Waals surface area contributed by atoms with Gasteiger partial charge in [-0.15, -0.1) is 0 Å². The van der Waals surface area contributed by atoms with E-state index in [1.165, 1.54) is 129 Å². The predicted molar refractivity (Wildman–Crippen MR) is 145 cm³/mol. The van der Waals surface area contributed by atoms with Crippen LogP contribution in [0, 0.1) is 5.92 Å². The quantitative estimate of drug-likeness (QED) is 0.122. The zero-order valence-corrected chi connectivity index (χ0v) is 22.9. The normalized spacial score (nSPS) is 12.5. The molecule has 0 amide bonds. The highest BCUT2D eigenvalue weighted by atomic mass is 16.1. The highest BCUT2D eigenvalue weighted by Crippen LogP contribution is 2.23. The number of rotatable bonds is 26. The Morgan fingerprint density at radius 3 is 1.38 bits per heavy atom. The Balaban J connectivity index is 3.65. The molecule has 0 aromatic rings. The van der Waals surface area contributed by atoms with Crippen LogP contribution in [0.5, 0.6) is 0 Å². The van der Waals surface area contributed by atoms with E-state index in [1.807, 2.05) is 0 Å². The predicted octanol–water partition coefficient (Wildman–Crippen LogP) is 9.75. The van der Waals surface area contributed by atoms with Crippen LogP contribution in [0.3, 0.4) is 0 Å².